The van der Waals surface area contributed by atoms with E-state index in [-0.39, 0.29) is 17.8 Å². The third-order valence-electron chi connectivity index (χ3n) is 4.29. The van der Waals surface area contributed by atoms with Crippen LogP contribution in [0.3, 0.4) is 0 Å². The molecule has 5 nitrogen and oxygen atoms in total. The van der Waals surface area contributed by atoms with Crippen molar-refractivity contribution < 1.29 is 14.0 Å². The van der Waals surface area contributed by atoms with Crippen molar-refractivity contribution in [3.8, 4) is 0 Å². The van der Waals surface area contributed by atoms with E-state index in [4.69, 9.17) is 0 Å². The summed E-state index contributed by atoms with van der Waals surface area (Å²) in [7, 11) is 0. The first-order chi connectivity index (χ1) is 12.1. The van der Waals surface area contributed by atoms with Crippen molar-refractivity contribution in [2.75, 3.05) is 25.0 Å². The monoisotopic (exact) mass is 361 g/mol. The molecule has 1 aliphatic rings. The van der Waals surface area contributed by atoms with E-state index in [1.807, 2.05) is 17.5 Å². The van der Waals surface area contributed by atoms with Gasteiger partial charge in [0.05, 0.1) is 4.88 Å². The van der Waals surface area contributed by atoms with Crippen LogP contribution in [0.1, 0.15) is 22.5 Å². The van der Waals surface area contributed by atoms with Crippen molar-refractivity contribution >= 4 is 29.0 Å². The first-order valence-electron chi connectivity index (χ1n) is 8.25. The lowest BCUT2D eigenvalue weighted by molar-refractivity contribution is 0.0943. The molecule has 0 unspecified atom stereocenters. The summed E-state index contributed by atoms with van der Waals surface area (Å²) in [5.74, 6) is 0.00803. The second-order valence-corrected chi connectivity index (χ2v) is 7.00. The van der Waals surface area contributed by atoms with Crippen molar-refractivity contribution in [2.45, 2.75) is 12.8 Å². The lowest BCUT2D eigenvalue weighted by atomic mass is 9.97. The van der Waals surface area contributed by atoms with Crippen LogP contribution in [0.25, 0.3) is 0 Å². The van der Waals surface area contributed by atoms with Crippen molar-refractivity contribution in [1.29, 1.82) is 0 Å². The highest BCUT2D eigenvalue weighted by Gasteiger charge is 2.23. The van der Waals surface area contributed by atoms with Crippen LogP contribution in [0.4, 0.5) is 14.9 Å². The number of urea groups is 1. The Morgan fingerprint density at radius 1 is 1.16 bits per heavy atom. The van der Waals surface area contributed by atoms with Crippen LogP contribution in [-0.2, 0) is 0 Å². The average molecular weight is 361 g/mol. The number of hydrogen-bond acceptors (Lipinski definition) is 3. The third kappa shape index (κ3) is 4.79. The first-order valence-corrected chi connectivity index (χ1v) is 9.13. The number of halogens is 1. The summed E-state index contributed by atoms with van der Waals surface area (Å²) in [5.41, 5.74) is 0.580. The van der Waals surface area contributed by atoms with Crippen LogP contribution < -0.4 is 10.6 Å². The van der Waals surface area contributed by atoms with Gasteiger partial charge in [-0.3, -0.25) is 4.79 Å². The van der Waals surface area contributed by atoms with Crippen LogP contribution >= 0.6 is 11.3 Å². The van der Waals surface area contributed by atoms with E-state index in [0.717, 1.165) is 17.7 Å². The number of amides is 3. The van der Waals surface area contributed by atoms with Gasteiger partial charge in [0.2, 0.25) is 0 Å². The summed E-state index contributed by atoms with van der Waals surface area (Å²) in [6, 6.07) is 9.21. The number of carbonyl (C=O) groups is 2. The predicted octanol–water partition coefficient (Wildman–Crippen LogP) is 3.56. The van der Waals surface area contributed by atoms with Crippen LogP contribution in [0.15, 0.2) is 41.8 Å². The topological polar surface area (TPSA) is 61.4 Å². The minimum absolute atomic E-state index is 0.0357. The molecule has 7 heteroatoms. The van der Waals surface area contributed by atoms with E-state index in [1.54, 1.807) is 17.0 Å². The molecule has 1 saturated heterocycles. The molecule has 1 aromatic heterocycles. The Labute approximate surface area is 149 Å². The van der Waals surface area contributed by atoms with E-state index in [1.165, 1.54) is 23.5 Å². The van der Waals surface area contributed by atoms with Crippen LogP contribution in [0.2, 0.25) is 0 Å². The van der Waals surface area contributed by atoms with E-state index < -0.39 is 0 Å². The van der Waals surface area contributed by atoms with Gasteiger partial charge in [0.15, 0.2) is 0 Å². The molecule has 0 atom stereocenters. The Kier molecular flexibility index (Phi) is 5.65. The highest BCUT2D eigenvalue weighted by atomic mass is 32.1. The fourth-order valence-electron chi connectivity index (χ4n) is 2.81. The number of carbonyl (C=O) groups excluding carboxylic acids is 2. The summed E-state index contributed by atoms with van der Waals surface area (Å²) in [6.07, 6.45) is 1.70. The number of hydrogen-bond donors (Lipinski definition) is 2. The third-order valence-corrected chi connectivity index (χ3v) is 5.16. The van der Waals surface area contributed by atoms with Crippen molar-refractivity contribution in [3.63, 3.8) is 0 Å². The van der Waals surface area contributed by atoms with Gasteiger partial charge in [0.1, 0.15) is 5.82 Å². The van der Waals surface area contributed by atoms with Crippen molar-refractivity contribution in [1.82, 2.24) is 10.2 Å². The van der Waals surface area contributed by atoms with Gasteiger partial charge < -0.3 is 15.5 Å². The van der Waals surface area contributed by atoms with Crippen molar-refractivity contribution in [2.24, 2.45) is 5.92 Å². The zero-order chi connectivity index (χ0) is 17.6. The van der Waals surface area contributed by atoms with Crippen LogP contribution in [-0.4, -0.2) is 36.5 Å². The molecule has 25 heavy (non-hydrogen) atoms. The maximum atomic E-state index is 12.9. The van der Waals surface area contributed by atoms with Gasteiger partial charge in [0, 0.05) is 25.3 Å². The van der Waals surface area contributed by atoms with Crippen LogP contribution in [0, 0.1) is 11.7 Å². The molecule has 0 aliphatic carbocycles. The van der Waals surface area contributed by atoms with Gasteiger partial charge in [-0.1, -0.05) is 6.07 Å². The Hall–Kier alpha value is -2.41. The minimum atomic E-state index is -0.330. The van der Waals surface area contributed by atoms with Gasteiger partial charge in [-0.2, -0.15) is 0 Å². The van der Waals surface area contributed by atoms with Gasteiger partial charge in [-0.25, -0.2) is 9.18 Å². The maximum absolute atomic E-state index is 12.9. The fraction of sp³-hybridized carbons (Fsp3) is 0.333. The Morgan fingerprint density at radius 2 is 1.88 bits per heavy atom. The second kappa shape index (κ2) is 8.11. The van der Waals surface area contributed by atoms with Gasteiger partial charge in [-0.15, -0.1) is 11.3 Å². The van der Waals surface area contributed by atoms with E-state index in [9.17, 15) is 14.0 Å². The molecule has 0 bridgehead atoms. The molecule has 3 rings (SSSR count). The molecule has 2 heterocycles. The standard InChI is InChI=1S/C18H20FN3O2S/c19-14-3-5-15(6-4-14)21-18(24)22-9-7-13(8-10-22)12-20-17(23)16-2-1-11-25-16/h1-6,11,13H,7-10,12H2,(H,20,23)(H,21,24). The molecule has 1 aliphatic heterocycles. The average Bonchev–Trinajstić information content (AvgIpc) is 3.17. The number of piperidine rings is 1. The summed E-state index contributed by atoms with van der Waals surface area (Å²) >= 11 is 1.43. The highest BCUT2D eigenvalue weighted by molar-refractivity contribution is 7.12. The lowest BCUT2D eigenvalue weighted by Crippen LogP contribution is -2.43. The Bertz CT molecular complexity index is 710. The summed E-state index contributed by atoms with van der Waals surface area (Å²) < 4.78 is 12.9. The Balaban J connectivity index is 1.41. The van der Waals surface area contributed by atoms with Gasteiger partial charge in [-0.05, 0) is 54.5 Å². The molecule has 1 aromatic carbocycles. The normalized spacial score (nSPS) is 15.0. The lowest BCUT2D eigenvalue weighted by Gasteiger charge is -2.32. The number of nitrogens with one attached hydrogen (secondary N) is 2. The summed E-state index contributed by atoms with van der Waals surface area (Å²) in [4.78, 5) is 26.6. The molecule has 3 amide bonds. The van der Waals surface area contributed by atoms with E-state index >= 15 is 0 Å². The maximum Gasteiger partial charge on any atom is 0.321 e. The van der Waals surface area contributed by atoms with E-state index in [2.05, 4.69) is 10.6 Å². The number of nitrogens with zero attached hydrogens (tertiary/aromatic N) is 1. The zero-order valence-corrected chi connectivity index (χ0v) is 14.5. The van der Waals surface area contributed by atoms with E-state index in [0.29, 0.717) is 31.2 Å². The molecular weight excluding hydrogens is 341 g/mol. The second-order valence-electron chi connectivity index (χ2n) is 6.05. The number of anilines is 1. The summed E-state index contributed by atoms with van der Waals surface area (Å²) in [5, 5.41) is 7.62. The molecule has 2 aromatic rings. The number of thiophene rings is 1. The molecule has 2 N–H and O–H groups in total. The molecule has 0 spiro atoms. The molecular formula is C18H20FN3O2S. The molecule has 132 valence electrons. The number of likely N-dealkylation sites (tertiary alicyclic amines) is 1. The predicted molar refractivity (Wildman–Crippen MR) is 96.4 cm³/mol. The fourth-order valence-corrected chi connectivity index (χ4v) is 3.45. The minimum Gasteiger partial charge on any atom is -0.351 e. The zero-order valence-electron chi connectivity index (χ0n) is 13.7. The van der Waals surface area contributed by atoms with Crippen molar-refractivity contribution in [3.05, 3.63) is 52.5 Å². The molecule has 0 saturated carbocycles. The summed E-state index contributed by atoms with van der Waals surface area (Å²) in [6.45, 7) is 1.92. The Morgan fingerprint density at radius 3 is 2.52 bits per heavy atom. The SMILES string of the molecule is O=C(NCC1CCN(C(=O)Nc2ccc(F)cc2)CC1)c1cccs1. The molecule has 0 radical (unpaired) electrons. The first kappa shape index (κ1) is 17.4. The number of rotatable bonds is 4. The highest BCUT2D eigenvalue weighted by Crippen LogP contribution is 2.18. The largest absolute Gasteiger partial charge is 0.351 e. The van der Waals surface area contributed by atoms with Crippen LogP contribution in [0.5, 0.6) is 0 Å². The quantitative estimate of drug-likeness (QED) is 0.875. The smallest absolute Gasteiger partial charge is 0.321 e. The number of benzene rings is 1. The molecule has 1 fully saturated rings. The van der Waals surface area contributed by atoms with Gasteiger partial charge in [0.25, 0.3) is 5.91 Å². The van der Waals surface area contributed by atoms with Gasteiger partial charge >= 0.3 is 6.03 Å².